The topological polar surface area (TPSA) is 102 Å². The van der Waals surface area contributed by atoms with E-state index in [1.165, 1.54) is 12.1 Å². The number of carbonyl (C=O) groups is 2. The maximum atomic E-state index is 12.0. The van der Waals surface area contributed by atoms with Gasteiger partial charge in [0.15, 0.2) is 6.61 Å². The summed E-state index contributed by atoms with van der Waals surface area (Å²) in [7, 11) is -3.68. The largest absolute Gasteiger partial charge is 0.456 e. The van der Waals surface area contributed by atoms with Gasteiger partial charge in [0.05, 0.1) is 11.3 Å². The third-order valence-electron chi connectivity index (χ3n) is 3.44. The standard InChI is InChI=1S/C18H19ClN2O5S/c19-15-8-6-14(7-9-15)12-20-17(22)13-26-18(23)10-11-21-27(24,25)16-4-2-1-3-5-16/h1-9,21H,10-13H2,(H,20,22). The van der Waals surface area contributed by atoms with Gasteiger partial charge in [-0.15, -0.1) is 0 Å². The fourth-order valence-electron chi connectivity index (χ4n) is 2.04. The molecule has 2 N–H and O–H groups in total. The van der Waals surface area contributed by atoms with Crippen molar-refractivity contribution in [3.63, 3.8) is 0 Å². The van der Waals surface area contributed by atoms with Crippen LogP contribution >= 0.6 is 11.6 Å². The molecule has 0 radical (unpaired) electrons. The number of ether oxygens (including phenoxy) is 1. The monoisotopic (exact) mass is 410 g/mol. The van der Waals surface area contributed by atoms with Crippen LogP contribution in [0.4, 0.5) is 0 Å². The van der Waals surface area contributed by atoms with Gasteiger partial charge in [-0.3, -0.25) is 9.59 Å². The van der Waals surface area contributed by atoms with Gasteiger partial charge in [-0.05, 0) is 29.8 Å². The summed E-state index contributed by atoms with van der Waals surface area (Å²) in [6, 6.07) is 14.8. The van der Waals surface area contributed by atoms with Crippen molar-refractivity contribution >= 4 is 33.5 Å². The lowest BCUT2D eigenvalue weighted by Gasteiger charge is -2.08. The van der Waals surface area contributed by atoms with E-state index in [0.717, 1.165) is 5.56 Å². The number of hydrogen-bond acceptors (Lipinski definition) is 5. The lowest BCUT2D eigenvalue weighted by atomic mass is 10.2. The predicted molar refractivity (Wildman–Crippen MR) is 101 cm³/mol. The second-order valence-corrected chi connectivity index (χ2v) is 7.73. The van der Waals surface area contributed by atoms with E-state index < -0.39 is 28.5 Å². The van der Waals surface area contributed by atoms with Crippen molar-refractivity contribution in [1.82, 2.24) is 10.0 Å². The average Bonchev–Trinajstić information content (AvgIpc) is 2.66. The molecule has 2 aromatic rings. The Kier molecular flexibility index (Phi) is 7.78. The molecule has 0 atom stereocenters. The Labute approximate surface area is 162 Å². The van der Waals surface area contributed by atoms with Crippen LogP contribution in [0.1, 0.15) is 12.0 Å². The minimum absolute atomic E-state index is 0.111. The van der Waals surface area contributed by atoms with Crippen LogP contribution in [0, 0.1) is 0 Å². The molecule has 27 heavy (non-hydrogen) atoms. The van der Waals surface area contributed by atoms with Crippen LogP contribution in [0.3, 0.4) is 0 Å². The Bertz CT molecular complexity index is 870. The van der Waals surface area contributed by atoms with Crippen LogP contribution in [-0.2, 0) is 30.9 Å². The van der Waals surface area contributed by atoms with E-state index in [1.807, 2.05) is 0 Å². The highest BCUT2D eigenvalue weighted by Gasteiger charge is 2.14. The van der Waals surface area contributed by atoms with Crippen LogP contribution in [0.5, 0.6) is 0 Å². The van der Waals surface area contributed by atoms with Gasteiger partial charge in [0.25, 0.3) is 5.91 Å². The smallest absolute Gasteiger partial charge is 0.307 e. The first-order valence-corrected chi connectivity index (χ1v) is 9.94. The van der Waals surface area contributed by atoms with Crippen LogP contribution in [0.2, 0.25) is 5.02 Å². The van der Waals surface area contributed by atoms with Gasteiger partial charge in [-0.25, -0.2) is 13.1 Å². The molecule has 0 aliphatic rings. The van der Waals surface area contributed by atoms with E-state index in [9.17, 15) is 18.0 Å². The van der Waals surface area contributed by atoms with Crippen molar-refractivity contribution in [3.05, 3.63) is 65.2 Å². The van der Waals surface area contributed by atoms with Crippen LogP contribution in [-0.4, -0.2) is 33.4 Å². The van der Waals surface area contributed by atoms with Gasteiger partial charge in [-0.2, -0.15) is 0 Å². The molecule has 0 aliphatic heterocycles. The van der Waals surface area contributed by atoms with E-state index in [4.69, 9.17) is 16.3 Å². The highest BCUT2D eigenvalue weighted by atomic mass is 35.5. The van der Waals surface area contributed by atoms with Crippen molar-refractivity contribution in [3.8, 4) is 0 Å². The van der Waals surface area contributed by atoms with Gasteiger partial charge >= 0.3 is 5.97 Å². The number of rotatable bonds is 9. The fourth-order valence-corrected chi connectivity index (χ4v) is 3.22. The number of hydrogen-bond donors (Lipinski definition) is 2. The van der Waals surface area contributed by atoms with Crippen LogP contribution < -0.4 is 10.0 Å². The Balaban J connectivity index is 1.65. The fraction of sp³-hybridized carbons (Fsp3) is 0.222. The number of sulfonamides is 1. The van der Waals surface area contributed by atoms with Crippen LogP contribution in [0.25, 0.3) is 0 Å². The number of nitrogens with one attached hydrogen (secondary N) is 2. The Hall–Kier alpha value is -2.42. The summed E-state index contributed by atoms with van der Waals surface area (Å²) >= 11 is 5.78. The Morgan fingerprint density at radius 2 is 1.67 bits per heavy atom. The molecule has 0 bridgehead atoms. The number of benzene rings is 2. The molecule has 2 rings (SSSR count). The number of carbonyl (C=O) groups excluding carboxylic acids is 2. The average molecular weight is 411 g/mol. The van der Waals surface area contributed by atoms with Crippen LogP contribution in [0.15, 0.2) is 59.5 Å². The van der Waals surface area contributed by atoms with E-state index in [-0.39, 0.29) is 24.4 Å². The van der Waals surface area contributed by atoms with Gasteiger partial charge in [-0.1, -0.05) is 41.9 Å². The highest BCUT2D eigenvalue weighted by molar-refractivity contribution is 7.89. The molecule has 0 spiro atoms. The zero-order chi connectivity index (χ0) is 19.7. The van der Waals surface area contributed by atoms with Gasteiger partial charge in [0, 0.05) is 18.1 Å². The van der Waals surface area contributed by atoms with Gasteiger partial charge in [0.1, 0.15) is 0 Å². The predicted octanol–water partition coefficient (Wildman–Crippen LogP) is 1.87. The van der Waals surface area contributed by atoms with Crippen molar-refractivity contribution in [2.45, 2.75) is 17.9 Å². The van der Waals surface area contributed by atoms with E-state index in [1.54, 1.807) is 42.5 Å². The van der Waals surface area contributed by atoms with E-state index >= 15 is 0 Å². The molecule has 2 aromatic carbocycles. The summed E-state index contributed by atoms with van der Waals surface area (Å²) in [6.07, 6.45) is -0.184. The summed E-state index contributed by atoms with van der Waals surface area (Å²) in [5.41, 5.74) is 0.856. The second-order valence-electron chi connectivity index (χ2n) is 5.52. The Morgan fingerprint density at radius 1 is 1.00 bits per heavy atom. The lowest BCUT2D eigenvalue weighted by molar-refractivity contribution is -0.148. The highest BCUT2D eigenvalue weighted by Crippen LogP contribution is 2.09. The molecule has 0 aromatic heterocycles. The third-order valence-corrected chi connectivity index (χ3v) is 5.17. The third kappa shape index (κ3) is 7.38. The molecule has 1 amide bonds. The molecule has 9 heteroatoms. The first kappa shape index (κ1) is 20.9. The normalized spacial score (nSPS) is 11.0. The lowest BCUT2D eigenvalue weighted by Crippen LogP contribution is -2.30. The molecule has 0 aliphatic carbocycles. The quantitative estimate of drug-likeness (QED) is 0.614. The number of esters is 1. The number of amides is 1. The minimum Gasteiger partial charge on any atom is -0.456 e. The molecule has 0 heterocycles. The molecule has 0 saturated carbocycles. The molecule has 144 valence electrons. The summed E-state index contributed by atoms with van der Waals surface area (Å²) in [5, 5.41) is 3.20. The molecule has 0 saturated heterocycles. The minimum atomic E-state index is -3.68. The van der Waals surface area contributed by atoms with Crippen molar-refractivity contribution in [2.75, 3.05) is 13.2 Å². The zero-order valence-corrected chi connectivity index (χ0v) is 15.9. The van der Waals surface area contributed by atoms with E-state index in [0.29, 0.717) is 5.02 Å². The van der Waals surface area contributed by atoms with Gasteiger partial charge in [0.2, 0.25) is 10.0 Å². The van der Waals surface area contributed by atoms with Crippen molar-refractivity contribution in [2.24, 2.45) is 0 Å². The van der Waals surface area contributed by atoms with Gasteiger partial charge < -0.3 is 10.1 Å². The molecule has 7 nitrogen and oxygen atoms in total. The first-order chi connectivity index (χ1) is 12.9. The summed E-state index contributed by atoms with van der Waals surface area (Å²) < 4.78 is 31.1. The van der Waals surface area contributed by atoms with Crippen molar-refractivity contribution < 1.29 is 22.7 Å². The molecular weight excluding hydrogens is 392 g/mol. The SMILES string of the molecule is O=C(COC(=O)CCNS(=O)(=O)c1ccccc1)NCc1ccc(Cl)cc1. The molecule has 0 unspecified atom stereocenters. The second kappa shape index (κ2) is 10.1. The zero-order valence-electron chi connectivity index (χ0n) is 14.4. The summed E-state index contributed by atoms with van der Waals surface area (Å²) in [6.45, 7) is -0.273. The maximum Gasteiger partial charge on any atom is 0.307 e. The summed E-state index contributed by atoms with van der Waals surface area (Å²) in [5.74, 6) is -1.13. The van der Waals surface area contributed by atoms with E-state index in [2.05, 4.69) is 10.0 Å². The van der Waals surface area contributed by atoms with Crippen molar-refractivity contribution in [1.29, 1.82) is 0 Å². The molecule has 0 fully saturated rings. The Morgan fingerprint density at radius 3 is 2.33 bits per heavy atom. The molecular formula is C18H19ClN2O5S. The summed E-state index contributed by atoms with van der Waals surface area (Å²) in [4.78, 5) is 23.4. The number of halogens is 1. The first-order valence-electron chi connectivity index (χ1n) is 8.08. The maximum absolute atomic E-state index is 12.0.